The van der Waals surface area contributed by atoms with Gasteiger partial charge < -0.3 is 14.2 Å². The molecule has 8 nitrogen and oxygen atoms in total. The number of benzene rings is 1. The van der Waals surface area contributed by atoms with Gasteiger partial charge in [0, 0.05) is 35.0 Å². The SMILES string of the molecule is CC(C)Oc1cc(F)ccc1-c1c(-c2cc3n(n2)C(C)CNC3)nc(OS(=O)(=O)C(F)(F)F)c2ccsc12. The first kappa shape index (κ1) is 26.4. The molecule has 1 unspecified atom stereocenters. The van der Waals surface area contributed by atoms with Gasteiger partial charge in [0.1, 0.15) is 23.0 Å². The van der Waals surface area contributed by atoms with Crippen LogP contribution in [0, 0.1) is 5.82 Å². The minimum absolute atomic E-state index is 0.0200. The molecule has 0 radical (unpaired) electrons. The van der Waals surface area contributed by atoms with E-state index in [2.05, 4.69) is 19.6 Å². The van der Waals surface area contributed by atoms with Crippen molar-refractivity contribution in [3.63, 3.8) is 0 Å². The summed E-state index contributed by atoms with van der Waals surface area (Å²) in [6.45, 7) is 6.64. The van der Waals surface area contributed by atoms with Gasteiger partial charge in [-0.3, -0.25) is 4.68 Å². The first-order valence-corrected chi connectivity index (χ1v) is 13.8. The Hall–Kier alpha value is -3.23. The number of nitrogens with one attached hydrogen (secondary N) is 1. The predicted octanol–water partition coefficient (Wildman–Crippen LogP) is 5.65. The monoisotopic (exact) mass is 570 g/mol. The normalized spacial score (nSPS) is 16.2. The molecule has 14 heteroatoms. The van der Waals surface area contributed by atoms with Crippen molar-refractivity contribution in [2.75, 3.05) is 6.54 Å². The standard InChI is InChI=1S/C24H22F4N4O4S2/c1-12(2)35-19-8-14(25)4-5-16(19)20-21(18-9-15-11-29-10-13(3)32(15)31-18)30-23(17-6-7-37-22(17)20)36-38(33,34)24(26,27)28/h4-9,12-13,29H,10-11H2,1-3H3. The second kappa shape index (κ2) is 9.50. The number of rotatable bonds is 6. The average Bonchev–Trinajstić information content (AvgIpc) is 3.46. The van der Waals surface area contributed by atoms with Crippen molar-refractivity contribution in [1.82, 2.24) is 20.1 Å². The van der Waals surface area contributed by atoms with Crippen LogP contribution in [0.25, 0.3) is 32.6 Å². The minimum Gasteiger partial charge on any atom is -0.490 e. The Labute approximate surface area is 219 Å². The number of alkyl halides is 3. The van der Waals surface area contributed by atoms with Crippen LogP contribution < -0.4 is 14.2 Å². The second-order valence-corrected chi connectivity index (χ2v) is 11.5. The largest absolute Gasteiger partial charge is 0.534 e. The molecule has 5 rings (SSSR count). The van der Waals surface area contributed by atoms with Gasteiger partial charge in [0.15, 0.2) is 0 Å². The molecule has 0 amide bonds. The van der Waals surface area contributed by atoms with Crippen molar-refractivity contribution in [3.05, 3.63) is 47.2 Å². The molecule has 0 spiro atoms. The number of aromatic nitrogens is 3. The first-order valence-electron chi connectivity index (χ1n) is 11.5. The maximum Gasteiger partial charge on any atom is 0.534 e. The third-order valence-corrected chi connectivity index (χ3v) is 7.72. The number of pyridine rings is 1. The number of thiophene rings is 1. The molecule has 0 fully saturated rings. The number of halogens is 4. The fraction of sp³-hybridized carbons (Fsp3) is 0.333. The van der Waals surface area contributed by atoms with Crippen LogP contribution in [-0.2, 0) is 16.7 Å². The van der Waals surface area contributed by atoms with Gasteiger partial charge in [0.25, 0.3) is 0 Å². The van der Waals surface area contributed by atoms with E-state index in [1.54, 1.807) is 30.0 Å². The molecule has 0 bridgehead atoms. The van der Waals surface area contributed by atoms with Crippen molar-refractivity contribution in [1.29, 1.82) is 0 Å². The molecule has 1 aromatic carbocycles. The summed E-state index contributed by atoms with van der Waals surface area (Å²) in [5.74, 6) is -1.09. The van der Waals surface area contributed by atoms with E-state index in [-0.39, 0.29) is 34.7 Å². The van der Waals surface area contributed by atoms with Crippen LogP contribution in [0.3, 0.4) is 0 Å². The molecule has 1 N–H and O–H groups in total. The van der Waals surface area contributed by atoms with Crippen molar-refractivity contribution < 1.29 is 34.9 Å². The number of hydrogen-bond donors (Lipinski definition) is 1. The lowest BCUT2D eigenvalue weighted by Crippen LogP contribution is -2.31. The van der Waals surface area contributed by atoms with E-state index in [0.29, 0.717) is 28.9 Å². The molecule has 3 aromatic heterocycles. The highest BCUT2D eigenvalue weighted by Crippen LogP contribution is 2.46. The van der Waals surface area contributed by atoms with Crippen molar-refractivity contribution >= 4 is 31.5 Å². The van der Waals surface area contributed by atoms with E-state index in [1.807, 2.05) is 6.92 Å². The van der Waals surface area contributed by atoms with Crippen molar-refractivity contribution in [3.8, 4) is 34.1 Å². The summed E-state index contributed by atoms with van der Waals surface area (Å²) in [5, 5.41) is 9.52. The smallest absolute Gasteiger partial charge is 0.490 e. The second-order valence-electron chi connectivity index (χ2n) is 9.04. The Bertz CT molecular complexity index is 1630. The molecule has 0 saturated carbocycles. The molecule has 1 atom stereocenters. The lowest BCUT2D eigenvalue weighted by atomic mass is 9.99. The lowest BCUT2D eigenvalue weighted by Gasteiger charge is -2.21. The molecular formula is C24H22F4N4O4S2. The van der Waals surface area contributed by atoms with Crippen LogP contribution in [-0.4, -0.2) is 41.3 Å². The van der Waals surface area contributed by atoms with Gasteiger partial charge in [0.05, 0.1) is 23.2 Å². The van der Waals surface area contributed by atoms with E-state index in [0.717, 1.165) is 17.0 Å². The molecule has 0 saturated heterocycles. The van der Waals surface area contributed by atoms with Crippen LogP contribution in [0.4, 0.5) is 17.6 Å². The molecule has 0 aliphatic carbocycles. The van der Waals surface area contributed by atoms with Gasteiger partial charge in [0.2, 0.25) is 5.88 Å². The van der Waals surface area contributed by atoms with E-state index in [4.69, 9.17) is 4.74 Å². The highest BCUT2D eigenvalue weighted by Gasteiger charge is 2.49. The van der Waals surface area contributed by atoms with Crippen LogP contribution in [0.5, 0.6) is 11.6 Å². The molecule has 202 valence electrons. The summed E-state index contributed by atoms with van der Waals surface area (Å²) in [7, 11) is -6.01. The Balaban J connectivity index is 1.82. The summed E-state index contributed by atoms with van der Waals surface area (Å²) < 4.78 is 90.3. The zero-order chi connectivity index (χ0) is 27.4. The summed E-state index contributed by atoms with van der Waals surface area (Å²) in [4.78, 5) is 4.29. The van der Waals surface area contributed by atoms with Crippen LogP contribution >= 0.6 is 11.3 Å². The van der Waals surface area contributed by atoms with E-state index >= 15 is 0 Å². The summed E-state index contributed by atoms with van der Waals surface area (Å²) in [6, 6.07) is 7.05. The van der Waals surface area contributed by atoms with Crippen LogP contribution in [0.2, 0.25) is 0 Å². The summed E-state index contributed by atoms with van der Waals surface area (Å²) in [6.07, 6.45) is -0.322. The Kier molecular flexibility index (Phi) is 6.60. The number of hydrogen-bond acceptors (Lipinski definition) is 8. The highest BCUT2D eigenvalue weighted by molar-refractivity contribution is 7.88. The first-order chi connectivity index (χ1) is 17.9. The number of ether oxygens (including phenoxy) is 1. The Morgan fingerprint density at radius 3 is 2.66 bits per heavy atom. The quantitative estimate of drug-likeness (QED) is 0.182. The zero-order valence-corrected chi connectivity index (χ0v) is 22.0. The van der Waals surface area contributed by atoms with E-state index in [9.17, 15) is 26.0 Å². The summed E-state index contributed by atoms with van der Waals surface area (Å²) in [5.41, 5.74) is -3.67. The van der Waals surface area contributed by atoms with Gasteiger partial charge in [-0.1, -0.05) is 0 Å². The fourth-order valence-electron chi connectivity index (χ4n) is 4.26. The molecule has 38 heavy (non-hydrogen) atoms. The van der Waals surface area contributed by atoms with Crippen molar-refractivity contribution in [2.24, 2.45) is 0 Å². The maximum atomic E-state index is 14.2. The van der Waals surface area contributed by atoms with E-state index in [1.165, 1.54) is 24.3 Å². The third-order valence-electron chi connectivity index (χ3n) is 5.84. The lowest BCUT2D eigenvalue weighted by molar-refractivity contribution is -0.0500. The van der Waals surface area contributed by atoms with Gasteiger partial charge >= 0.3 is 15.6 Å². The topological polar surface area (TPSA) is 95.3 Å². The highest BCUT2D eigenvalue weighted by atomic mass is 32.2. The average molecular weight is 571 g/mol. The molecule has 1 aliphatic rings. The Morgan fingerprint density at radius 2 is 1.97 bits per heavy atom. The van der Waals surface area contributed by atoms with Gasteiger partial charge in [-0.25, -0.2) is 9.37 Å². The van der Waals surface area contributed by atoms with Crippen LogP contribution in [0.1, 0.15) is 32.5 Å². The van der Waals surface area contributed by atoms with Crippen LogP contribution in [0.15, 0.2) is 35.7 Å². The number of nitrogens with zero attached hydrogens (tertiary/aromatic N) is 3. The fourth-order valence-corrected chi connectivity index (χ4v) is 5.64. The molecule has 4 aromatic rings. The summed E-state index contributed by atoms with van der Waals surface area (Å²) >= 11 is 1.14. The third kappa shape index (κ3) is 4.71. The van der Waals surface area contributed by atoms with Gasteiger partial charge in [-0.2, -0.15) is 26.7 Å². The zero-order valence-electron chi connectivity index (χ0n) is 20.3. The molecule has 4 heterocycles. The van der Waals surface area contributed by atoms with E-state index < -0.39 is 27.3 Å². The van der Waals surface area contributed by atoms with Gasteiger partial charge in [-0.05, 0) is 50.4 Å². The molecule has 1 aliphatic heterocycles. The van der Waals surface area contributed by atoms with Crippen molar-refractivity contribution in [2.45, 2.75) is 45.0 Å². The molecular weight excluding hydrogens is 548 g/mol. The number of fused-ring (bicyclic) bond motifs is 2. The maximum absolute atomic E-state index is 14.2. The minimum atomic E-state index is -6.01. The predicted molar refractivity (Wildman–Crippen MR) is 134 cm³/mol. The Morgan fingerprint density at radius 1 is 1.21 bits per heavy atom. The van der Waals surface area contributed by atoms with Gasteiger partial charge in [-0.15, -0.1) is 11.3 Å².